The number of piperidine rings is 1. The third-order valence-corrected chi connectivity index (χ3v) is 8.22. The van der Waals surface area contributed by atoms with Gasteiger partial charge in [0.25, 0.3) is 15.9 Å². The molecule has 1 aliphatic heterocycles. The molecule has 4 rings (SSSR count). The second-order valence-corrected chi connectivity index (χ2v) is 11.2. The molecule has 1 aliphatic rings. The van der Waals surface area contributed by atoms with Crippen molar-refractivity contribution in [2.75, 3.05) is 23.1 Å². The maximum Gasteiger partial charge on any atom is 0.261 e. The molecule has 35 heavy (non-hydrogen) atoms. The van der Waals surface area contributed by atoms with E-state index in [2.05, 4.69) is 21.9 Å². The molecular formula is C27H30ClN3O3S. The number of benzene rings is 3. The van der Waals surface area contributed by atoms with Crippen LogP contribution in [0.4, 0.5) is 11.4 Å². The number of likely N-dealkylation sites (tertiary alicyclic amines) is 1. The van der Waals surface area contributed by atoms with E-state index in [0.29, 0.717) is 27.5 Å². The molecule has 184 valence electrons. The quantitative estimate of drug-likeness (QED) is 0.412. The Balaban J connectivity index is 1.36. The lowest BCUT2D eigenvalue weighted by molar-refractivity contribution is 0.102. The van der Waals surface area contributed by atoms with Crippen LogP contribution in [0, 0.1) is 12.8 Å². The minimum atomic E-state index is -3.80. The lowest BCUT2D eigenvalue weighted by atomic mass is 9.99. The predicted molar refractivity (Wildman–Crippen MR) is 142 cm³/mol. The summed E-state index contributed by atoms with van der Waals surface area (Å²) in [5, 5.41) is 3.31. The molecule has 6 nitrogen and oxygen atoms in total. The van der Waals surface area contributed by atoms with Crippen molar-refractivity contribution in [1.29, 1.82) is 0 Å². The minimum absolute atomic E-state index is 0.0892. The Morgan fingerprint density at radius 2 is 1.66 bits per heavy atom. The van der Waals surface area contributed by atoms with Crippen molar-refractivity contribution in [1.82, 2.24) is 4.90 Å². The SMILES string of the molecule is Cc1c(Cl)cccc1NS(=O)(=O)c1ccc(NC(=O)c2ccc(CN3CCC(C)CC3)cc2)cc1. The van der Waals surface area contributed by atoms with Crippen LogP contribution in [0.25, 0.3) is 0 Å². The largest absolute Gasteiger partial charge is 0.322 e. The Kier molecular flexibility index (Phi) is 7.79. The zero-order chi connectivity index (χ0) is 25.0. The number of hydrogen-bond acceptors (Lipinski definition) is 4. The molecule has 0 unspecified atom stereocenters. The number of halogens is 1. The van der Waals surface area contributed by atoms with Gasteiger partial charge in [-0.15, -0.1) is 0 Å². The van der Waals surface area contributed by atoms with E-state index < -0.39 is 10.0 Å². The predicted octanol–water partition coefficient (Wildman–Crippen LogP) is 5.93. The highest BCUT2D eigenvalue weighted by molar-refractivity contribution is 7.92. The number of carbonyl (C=O) groups is 1. The van der Waals surface area contributed by atoms with Crippen molar-refractivity contribution in [2.45, 2.75) is 38.1 Å². The molecule has 2 N–H and O–H groups in total. The summed E-state index contributed by atoms with van der Waals surface area (Å²) in [6.45, 7) is 7.18. The Bertz CT molecular complexity index is 1280. The van der Waals surface area contributed by atoms with Gasteiger partial charge >= 0.3 is 0 Å². The second kappa shape index (κ2) is 10.8. The summed E-state index contributed by atoms with van der Waals surface area (Å²) in [6, 6.07) is 18.7. The molecule has 0 radical (unpaired) electrons. The minimum Gasteiger partial charge on any atom is -0.322 e. The van der Waals surface area contributed by atoms with Crippen LogP contribution in [0.15, 0.2) is 71.6 Å². The smallest absolute Gasteiger partial charge is 0.261 e. The van der Waals surface area contributed by atoms with Crippen molar-refractivity contribution < 1.29 is 13.2 Å². The van der Waals surface area contributed by atoms with E-state index in [1.54, 1.807) is 37.3 Å². The van der Waals surface area contributed by atoms with Gasteiger partial charge in [-0.05, 0) is 98.4 Å². The number of hydrogen-bond donors (Lipinski definition) is 2. The standard InChI is InChI=1S/C27H30ClN3O3S/c1-19-14-16-31(17-15-19)18-21-6-8-22(9-7-21)27(32)29-23-10-12-24(13-11-23)35(33,34)30-26-5-3-4-25(28)20(26)2/h3-13,19,30H,14-18H2,1-2H3,(H,29,32). The van der Waals surface area contributed by atoms with Gasteiger partial charge in [0.2, 0.25) is 0 Å². The van der Waals surface area contributed by atoms with Crippen LogP contribution < -0.4 is 10.0 Å². The van der Waals surface area contributed by atoms with Crippen LogP contribution in [-0.4, -0.2) is 32.3 Å². The van der Waals surface area contributed by atoms with Gasteiger partial charge in [0, 0.05) is 22.8 Å². The lowest BCUT2D eigenvalue weighted by Gasteiger charge is -2.30. The summed E-state index contributed by atoms with van der Waals surface area (Å²) in [6.07, 6.45) is 2.47. The molecule has 0 spiro atoms. The molecule has 3 aromatic rings. The van der Waals surface area contributed by atoms with E-state index in [1.165, 1.54) is 30.5 Å². The first kappa shape index (κ1) is 25.2. The van der Waals surface area contributed by atoms with Crippen LogP contribution in [0.1, 0.15) is 41.3 Å². The molecule has 1 amide bonds. The number of anilines is 2. The van der Waals surface area contributed by atoms with Gasteiger partial charge in [-0.1, -0.05) is 36.7 Å². The third kappa shape index (κ3) is 6.42. The van der Waals surface area contributed by atoms with E-state index in [1.807, 2.05) is 24.3 Å². The number of nitrogens with zero attached hydrogens (tertiary/aromatic N) is 1. The van der Waals surface area contributed by atoms with Crippen molar-refractivity contribution in [2.24, 2.45) is 5.92 Å². The number of nitrogens with one attached hydrogen (secondary N) is 2. The molecule has 1 heterocycles. The Hall–Kier alpha value is -2.87. The van der Waals surface area contributed by atoms with Crippen molar-refractivity contribution in [3.63, 3.8) is 0 Å². The fourth-order valence-corrected chi connectivity index (χ4v) is 5.38. The number of amides is 1. The topological polar surface area (TPSA) is 78.5 Å². The number of sulfonamides is 1. The zero-order valence-electron chi connectivity index (χ0n) is 19.9. The fraction of sp³-hybridized carbons (Fsp3) is 0.296. The first-order chi connectivity index (χ1) is 16.7. The van der Waals surface area contributed by atoms with Crippen LogP contribution in [-0.2, 0) is 16.6 Å². The van der Waals surface area contributed by atoms with Crippen LogP contribution in [0.2, 0.25) is 5.02 Å². The van der Waals surface area contributed by atoms with Gasteiger partial charge in [-0.3, -0.25) is 14.4 Å². The average molecular weight is 512 g/mol. The molecule has 1 saturated heterocycles. The van der Waals surface area contributed by atoms with Gasteiger partial charge < -0.3 is 5.32 Å². The first-order valence-corrected chi connectivity index (χ1v) is 13.6. The lowest BCUT2D eigenvalue weighted by Crippen LogP contribution is -2.32. The average Bonchev–Trinajstić information content (AvgIpc) is 2.84. The van der Waals surface area contributed by atoms with E-state index >= 15 is 0 Å². The maximum atomic E-state index is 12.8. The highest BCUT2D eigenvalue weighted by Gasteiger charge is 2.17. The second-order valence-electron chi connectivity index (χ2n) is 9.15. The number of rotatable bonds is 7. The highest BCUT2D eigenvalue weighted by Crippen LogP contribution is 2.26. The molecule has 1 fully saturated rings. The van der Waals surface area contributed by atoms with E-state index in [9.17, 15) is 13.2 Å². The Labute approximate surface area is 212 Å². The Morgan fingerprint density at radius 3 is 2.31 bits per heavy atom. The van der Waals surface area contributed by atoms with Crippen molar-refractivity contribution in [3.05, 3.63) is 88.4 Å². The van der Waals surface area contributed by atoms with Crippen LogP contribution in [0.3, 0.4) is 0 Å². The normalized spacial score (nSPS) is 15.1. The van der Waals surface area contributed by atoms with Gasteiger partial charge in [-0.25, -0.2) is 8.42 Å². The number of carbonyl (C=O) groups excluding carboxylic acids is 1. The monoisotopic (exact) mass is 511 g/mol. The van der Waals surface area contributed by atoms with E-state index in [4.69, 9.17) is 11.6 Å². The van der Waals surface area contributed by atoms with Crippen LogP contribution in [0.5, 0.6) is 0 Å². The van der Waals surface area contributed by atoms with Gasteiger partial charge in [-0.2, -0.15) is 0 Å². The van der Waals surface area contributed by atoms with Crippen LogP contribution >= 0.6 is 11.6 Å². The molecule has 0 atom stereocenters. The summed E-state index contributed by atoms with van der Waals surface area (Å²) in [5.41, 5.74) is 3.33. The van der Waals surface area contributed by atoms with E-state index in [0.717, 1.165) is 25.6 Å². The summed E-state index contributed by atoms with van der Waals surface area (Å²) in [5.74, 6) is 0.557. The molecular weight excluding hydrogens is 482 g/mol. The molecule has 8 heteroatoms. The highest BCUT2D eigenvalue weighted by atomic mass is 35.5. The molecule has 0 saturated carbocycles. The van der Waals surface area contributed by atoms with Crippen molar-refractivity contribution in [3.8, 4) is 0 Å². The summed E-state index contributed by atoms with van der Waals surface area (Å²) >= 11 is 6.09. The summed E-state index contributed by atoms with van der Waals surface area (Å²) in [7, 11) is -3.80. The summed E-state index contributed by atoms with van der Waals surface area (Å²) < 4.78 is 28.1. The van der Waals surface area contributed by atoms with Gasteiger partial charge in [0.1, 0.15) is 0 Å². The fourth-order valence-electron chi connectivity index (χ4n) is 4.08. The molecule has 0 aliphatic carbocycles. The van der Waals surface area contributed by atoms with E-state index in [-0.39, 0.29) is 10.8 Å². The van der Waals surface area contributed by atoms with Gasteiger partial charge in [0.15, 0.2) is 0 Å². The molecule has 0 bridgehead atoms. The maximum absolute atomic E-state index is 12.8. The first-order valence-electron chi connectivity index (χ1n) is 11.7. The third-order valence-electron chi connectivity index (χ3n) is 6.43. The molecule has 0 aromatic heterocycles. The van der Waals surface area contributed by atoms with Gasteiger partial charge in [0.05, 0.1) is 10.6 Å². The Morgan fingerprint density at radius 1 is 1.00 bits per heavy atom. The summed E-state index contributed by atoms with van der Waals surface area (Å²) in [4.78, 5) is 15.2. The molecule has 3 aromatic carbocycles. The zero-order valence-corrected chi connectivity index (χ0v) is 21.5. The van der Waals surface area contributed by atoms with Crippen molar-refractivity contribution >= 4 is 38.9 Å².